The van der Waals surface area contributed by atoms with Gasteiger partial charge in [0, 0.05) is 11.4 Å². The van der Waals surface area contributed by atoms with Gasteiger partial charge in [-0.3, -0.25) is 19.2 Å². The van der Waals surface area contributed by atoms with Crippen molar-refractivity contribution in [1.29, 1.82) is 0 Å². The molecule has 2 N–H and O–H groups in total. The Balaban J connectivity index is 2.06. The highest BCUT2D eigenvalue weighted by Crippen LogP contribution is 2.20. The lowest BCUT2D eigenvalue weighted by molar-refractivity contribution is -0.136. The third-order valence-corrected chi connectivity index (χ3v) is 4.26. The second kappa shape index (κ2) is 11.8. The van der Waals surface area contributed by atoms with Crippen LogP contribution in [0.15, 0.2) is 48.5 Å². The summed E-state index contributed by atoms with van der Waals surface area (Å²) >= 11 is 0. The first kappa shape index (κ1) is 23.2. The Labute approximate surface area is 178 Å². The number of aliphatic carboxylic acids is 2. The van der Waals surface area contributed by atoms with Crippen molar-refractivity contribution in [2.75, 3.05) is 36.4 Å². The highest BCUT2D eigenvalue weighted by Gasteiger charge is 2.14. The van der Waals surface area contributed by atoms with E-state index in [4.69, 9.17) is 19.7 Å². The molecule has 0 fully saturated rings. The summed E-state index contributed by atoms with van der Waals surface area (Å²) in [4.78, 5) is 45.6. The Bertz CT molecular complexity index is 855. The molecule has 2 rings (SSSR count). The largest absolute Gasteiger partial charge is 0.480 e. The Morgan fingerprint density at radius 3 is 1.45 bits per heavy atom. The van der Waals surface area contributed by atoms with Crippen LogP contribution in [-0.2, 0) is 35.1 Å². The summed E-state index contributed by atoms with van der Waals surface area (Å²) in [5.41, 5.74) is 3.13. The summed E-state index contributed by atoms with van der Waals surface area (Å²) in [7, 11) is 0. The van der Waals surface area contributed by atoms with Crippen LogP contribution in [0.4, 0.5) is 11.4 Å². The fourth-order valence-electron chi connectivity index (χ4n) is 2.88. The molecule has 0 saturated carbocycles. The van der Waals surface area contributed by atoms with Crippen LogP contribution in [0.25, 0.3) is 0 Å². The SMILES string of the molecule is O=COCN(COC=O)c1ccc(Cc2ccc(N(CC(=O)O)CC(=O)O)cc2)cc1. The van der Waals surface area contributed by atoms with Crippen LogP contribution in [0.3, 0.4) is 0 Å². The first-order valence-corrected chi connectivity index (χ1v) is 9.14. The molecule has 0 amide bonds. The zero-order valence-electron chi connectivity index (χ0n) is 16.5. The van der Waals surface area contributed by atoms with Crippen molar-refractivity contribution >= 4 is 36.3 Å². The zero-order chi connectivity index (χ0) is 22.6. The number of carboxylic acids is 2. The van der Waals surface area contributed by atoms with E-state index >= 15 is 0 Å². The quantitative estimate of drug-likeness (QED) is 0.334. The Morgan fingerprint density at radius 2 is 1.10 bits per heavy atom. The number of nitrogens with zero attached hydrogens (tertiary/aromatic N) is 2. The first-order chi connectivity index (χ1) is 14.9. The standard InChI is InChI=1S/C21H22N2O8/c24-14-30-12-23(13-31-15-25)19-7-3-17(4-8-19)9-16-1-5-18(6-2-16)22(10-20(26)27)11-21(28)29/h1-8,14-15H,9-13H2,(H,26,27)(H,28,29). The number of benzene rings is 2. The van der Waals surface area contributed by atoms with Gasteiger partial charge in [0.2, 0.25) is 0 Å². The number of ether oxygens (including phenoxy) is 2. The van der Waals surface area contributed by atoms with E-state index in [2.05, 4.69) is 0 Å². The molecule has 0 spiro atoms. The molecule has 0 radical (unpaired) electrons. The van der Waals surface area contributed by atoms with E-state index in [9.17, 15) is 19.2 Å². The van der Waals surface area contributed by atoms with Gasteiger partial charge in [0.1, 0.15) is 13.1 Å². The molecule has 10 nitrogen and oxygen atoms in total. The van der Waals surface area contributed by atoms with E-state index in [1.807, 2.05) is 24.3 Å². The second-order valence-corrected chi connectivity index (χ2v) is 6.48. The van der Waals surface area contributed by atoms with Gasteiger partial charge in [-0.25, -0.2) is 0 Å². The third kappa shape index (κ3) is 7.69. The molecule has 0 aliphatic carbocycles. The van der Waals surface area contributed by atoms with E-state index in [0.29, 0.717) is 30.7 Å². The first-order valence-electron chi connectivity index (χ1n) is 9.14. The minimum absolute atomic E-state index is 0.0681. The summed E-state index contributed by atoms with van der Waals surface area (Å²) in [5.74, 6) is -2.23. The summed E-state index contributed by atoms with van der Waals surface area (Å²) < 4.78 is 9.45. The maximum absolute atomic E-state index is 11.0. The van der Waals surface area contributed by atoms with Gasteiger partial charge in [-0.2, -0.15) is 0 Å². The molecule has 0 atom stereocenters. The smallest absolute Gasteiger partial charge is 0.323 e. The molecular formula is C21H22N2O8. The van der Waals surface area contributed by atoms with Crippen molar-refractivity contribution in [3.63, 3.8) is 0 Å². The number of carboxylic acid groups (broad SMARTS) is 2. The molecule has 0 bridgehead atoms. The van der Waals surface area contributed by atoms with Gasteiger partial charge >= 0.3 is 11.9 Å². The maximum Gasteiger partial charge on any atom is 0.323 e. The Hall–Kier alpha value is -4.08. The van der Waals surface area contributed by atoms with Crippen molar-refractivity contribution in [1.82, 2.24) is 0 Å². The lowest BCUT2D eigenvalue weighted by Gasteiger charge is -2.22. The zero-order valence-corrected chi connectivity index (χ0v) is 16.5. The van der Waals surface area contributed by atoms with E-state index in [0.717, 1.165) is 11.1 Å². The van der Waals surface area contributed by atoms with Crippen LogP contribution < -0.4 is 9.80 Å². The number of carbonyl (C=O) groups is 4. The number of hydrogen-bond donors (Lipinski definition) is 2. The van der Waals surface area contributed by atoms with Crippen LogP contribution in [0.5, 0.6) is 0 Å². The topological polar surface area (TPSA) is 134 Å². The van der Waals surface area contributed by atoms with Gasteiger partial charge in [0.25, 0.3) is 12.9 Å². The molecule has 0 aromatic heterocycles. The third-order valence-electron chi connectivity index (χ3n) is 4.26. The van der Waals surface area contributed by atoms with Crippen molar-refractivity contribution in [2.45, 2.75) is 6.42 Å². The Morgan fingerprint density at radius 1 is 0.710 bits per heavy atom. The second-order valence-electron chi connectivity index (χ2n) is 6.48. The number of rotatable bonds is 14. The molecule has 2 aromatic carbocycles. The number of hydrogen-bond acceptors (Lipinski definition) is 8. The highest BCUT2D eigenvalue weighted by molar-refractivity contribution is 5.79. The summed E-state index contributed by atoms with van der Waals surface area (Å²) in [6, 6.07) is 14.3. The summed E-state index contributed by atoms with van der Waals surface area (Å²) in [5, 5.41) is 18.0. The molecule has 31 heavy (non-hydrogen) atoms. The molecule has 0 aliphatic heterocycles. The summed E-state index contributed by atoms with van der Waals surface area (Å²) in [6.45, 7) is -0.348. The molecule has 0 aliphatic rings. The van der Waals surface area contributed by atoms with E-state index in [1.54, 1.807) is 29.2 Å². The molecule has 2 aromatic rings. The molecule has 10 heteroatoms. The van der Waals surface area contributed by atoms with Gasteiger partial charge in [0.15, 0.2) is 13.5 Å². The van der Waals surface area contributed by atoms with Crippen molar-refractivity contribution in [2.24, 2.45) is 0 Å². The normalized spacial score (nSPS) is 10.1. The van der Waals surface area contributed by atoms with Gasteiger partial charge in [-0.1, -0.05) is 24.3 Å². The van der Waals surface area contributed by atoms with Crippen LogP contribution >= 0.6 is 0 Å². The molecule has 164 valence electrons. The Kier molecular flexibility index (Phi) is 8.84. The fraction of sp³-hybridized carbons (Fsp3) is 0.238. The van der Waals surface area contributed by atoms with Crippen LogP contribution in [0, 0.1) is 0 Å². The molecular weight excluding hydrogens is 408 g/mol. The highest BCUT2D eigenvalue weighted by atomic mass is 16.6. The van der Waals surface area contributed by atoms with Gasteiger partial charge in [-0.05, 0) is 41.8 Å². The van der Waals surface area contributed by atoms with E-state index < -0.39 is 25.0 Å². The average molecular weight is 430 g/mol. The molecule has 0 saturated heterocycles. The lowest BCUT2D eigenvalue weighted by Crippen LogP contribution is -2.34. The fourth-order valence-corrected chi connectivity index (χ4v) is 2.88. The minimum Gasteiger partial charge on any atom is -0.480 e. The van der Waals surface area contributed by atoms with E-state index in [1.165, 1.54) is 4.90 Å². The number of carbonyl (C=O) groups excluding carboxylic acids is 2. The van der Waals surface area contributed by atoms with Crippen LogP contribution in [-0.4, -0.2) is 61.6 Å². The lowest BCUT2D eigenvalue weighted by atomic mass is 10.0. The van der Waals surface area contributed by atoms with Gasteiger partial charge in [0.05, 0.1) is 0 Å². The monoisotopic (exact) mass is 430 g/mol. The molecule has 0 heterocycles. The number of anilines is 2. The van der Waals surface area contributed by atoms with E-state index in [-0.39, 0.29) is 13.5 Å². The van der Waals surface area contributed by atoms with Crippen LogP contribution in [0.1, 0.15) is 11.1 Å². The summed E-state index contributed by atoms with van der Waals surface area (Å²) in [6.07, 6.45) is 0.591. The molecule has 0 unspecified atom stereocenters. The maximum atomic E-state index is 11.0. The van der Waals surface area contributed by atoms with Crippen molar-refractivity contribution in [3.05, 3.63) is 59.7 Å². The van der Waals surface area contributed by atoms with Crippen molar-refractivity contribution < 1.29 is 38.9 Å². The van der Waals surface area contributed by atoms with Crippen LogP contribution in [0.2, 0.25) is 0 Å². The predicted octanol–water partition coefficient (Wildman–Crippen LogP) is 1.32. The van der Waals surface area contributed by atoms with Gasteiger partial charge in [-0.15, -0.1) is 0 Å². The minimum atomic E-state index is -1.11. The van der Waals surface area contributed by atoms with Gasteiger partial charge < -0.3 is 29.5 Å². The predicted molar refractivity (Wildman–Crippen MR) is 110 cm³/mol. The average Bonchev–Trinajstić information content (AvgIpc) is 2.74. The van der Waals surface area contributed by atoms with Crippen molar-refractivity contribution in [3.8, 4) is 0 Å².